The number of carboxylic acids is 1. The summed E-state index contributed by atoms with van der Waals surface area (Å²) in [5.41, 5.74) is 0.0785. The number of hydrogen-bond acceptors (Lipinski definition) is 2. The van der Waals surface area contributed by atoms with Gasteiger partial charge in [0.1, 0.15) is 5.69 Å². The Morgan fingerprint density at radius 1 is 1.35 bits per heavy atom. The van der Waals surface area contributed by atoms with Crippen molar-refractivity contribution in [3.8, 4) is 0 Å². The number of rotatable bonds is 2. The summed E-state index contributed by atoms with van der Waals surface area (Å²) in [6.45, 7) is 2.36. The molecule has 0 saturated carbocycles. The summed E-state index contributed by atoms with van der Waals surface area (Å²) in [6.07, 6.45) is 1.21. The largest absolute Gasteiger partial charge is 0.481 e. The highest BCUT2D eigenvalue weighted by Gasteiger charge is 2.40. The number of aromatic amines is 1. The summed E-state index contributed by atoms with van der Waals surface area (Å²) >= 11 is 12.3. The zero-order valence-corrected chi connectivity index (χ0v) is 14.0. The molecule has 2 aromatic rings. The number of benzene rings is 1. The fourth-order valence-corrected chi connectivity index (χ4v) is 3.48. The third-order valence-electron chi connectivity index (χ3n) is 4.41. The van der Waals surface area contributed by atoms with E-state index in [0.29, 0.717) is 34.8 Å². The van der Waals surface area contributed by atoms with Gasteiger partial charge >= 0.3 is 5.97 Å². The quantitative estimate of drug-likeness (QED) is 0.861. The van der Waals surface area contributed by atoms with Gasteiger partial charge in [0.05, 0.1) is 10.4 Å². The summed E-state index contributed by atoms with van der Waals surface area (Å²) in [6, 6.07) is 5.18. The van der Waals surface area contributed by atoms with Crippen LogP contribution in [0.15, 0.2) is 18.2 Å². The number of hydrogen-bond donors (Lipinski definition) is 2. The second-order valence-electron chi connectivity index (χ2n) is 6.20. The number of fused-ring (bicyclic) bond motifs is 1. The third-order valence-corrected chi connectivity index (χ3v) is 5.04. The molecular weight excluding hydrogens is 339 g/mol. The molecule has 2 N–H and O–H groups in total. The average molecular weight is 355 g/mol. The highest BCUT2D eigenvalue weighted by Crippen LogP contribution is 2.34. The van der Waals surface area contributed by atoms with Crippen molar-refractivity contribution in [2.75, 3.05) is 13.1 Å². The molecule has 1 aliphatic heterocycles. The number of aromatic nitrogens is 1. The Balaban J connectivity index is 1.94. The van der Waals surface area contributed by atoms with Gasteiger partial charge in [0.25, 0.3) is 5.91 Å². The lowest BCUT2D eigenvalue weighted by molar-refractivity contribution is -0.150. The number of amides is 1. The Labute approximate surface area is 143 Å². The number of halogens is 2. The first-order valence-corrected chi connectivity index (χ1v) is 8.07. The molecule has 0 bridgehead atoms. The summed E-state index contributed by atoms with van der Waals surface area (Å²) in [5.74, 6) is -1.17. The maximum Gasteiger partial charge on any atom is 0.311 e. The van der Waals surface area contributed by atoms with Gasteiger partial charge in [-0.3, -0.25) is 9.59 Å². The van der Waals surface area contributed by atoms with Gasteiger partial charge in [-0.2, -0.15) is 0 Å². The number of nitrogens with zero attached hydrogens (tertiary/aromatic N) is 1. The van der Waals surface area contributed by atoms with Crippen LogP contribution in [0.3, 0.4) is 0 Å². The van der Waals surface area contributed by atoms with Crippen molar-refractivity contribution in [2.45, 2.75) is 19.8 Å². The molecule has 7 heteroatoms. The van der Waals surface area contributed by atoms with Crippen LogP contribution in [0.1, 0.15) is 30.3 Å². The van der Waals surface area contributed by atoms with E-state index in [1.807, 2.05) is 0 Å². The molecule has 1 atom stereocenters. The fourth-order valence-electron chi connectivity index (χ4n) is 3.02. The van der Waals surface area contributed by atoms with E-state index in [-0.39, 0.29) is 18.1 Å². The van der Waals surface area contributed by atoms with E-state index in [9.17, 15) is 14.7 Å². The standard InChI is InChI=1S/C16H16Cl2N2O3/c1-16(15(22)23)5-2-6-20(8-16)14(21)13-12(18)10-7-9(17)3-4-11(10)19-13/h3-4,7,19H,2,5-6,8H2,1H3,(H,22,23). The van der Waals surface area contributed by atoms with E-state index in [4.69, 9.17) is 23.2 Å². The lowest BCUT2D eigenvalue weighted by atomic mass is 9.82. The first-order chi connectivity index (χ1) is 10.8. The van der Waals surface area contributed by atoms with Crippen LogP contribution in [0.4, 0.5) is 0 Å². The maximum atomic E-state index is 12.8. The Bertz CT molecular complexity index is 802. The van der Waals surface area contributed by atoms with Gasteiger partial charge in [0.2, 0.25) is 0 Å². The van der Waals surface area contributed by atoms with Crippen molar-refractivity contribution in [3.63, 3.8) is 0 Å². The minimum atomic E-state index is -0.921. The van der Waals surface area contributed by atoms with Crippen molar-refractivity contribution >= 4 is 46.0 Å². The molecule has 122 valence electrons. The summed E-state index contributed by atoms with van der Waals surface area (Å²) in [5, 5.41) is 10.9. The Kier molecular flexibility index (Phi) is 4.02. The van der Waals surface area contributed by atoms with E-state index < -0.39 is 11.4 Å². The molecule has 1 aliphatic rings. The number of likely N-dealkylation sites (tertiary alicyclic amines) is 1. The van der Waals surface area contributed by atoms with Gasteiger partial charge in [-0.05, 0) is 38.0 Å². The van der Waals surface area contributed by atoms with Gasteiger partial charge in [-0.25, -0.2) is 0 Å². The van der Waals surface area contributed by atoms with Crippen molar-refractivity contribution in [1.82, 2.24) is 9.88 Å². The zero-order chi connectivity index (χ0) is 16.8. The van der Waals surface area contributed by atoms with Crippen LogP contribution in [0.25, 0.3) is 10.9 Å². The van der Waals surface area contributed by atoms with Crippen LogP contribution < -0.4 is 0 Å². The first kappa shape index (κ1) is 16.1. The number of nitrogens with one attached hydrogen (secondary N) is 1. The van der Waals surface area contributed by atoms with Crippen molar-refractivity contribution in [2.24, 2.45) is 5.41 Å². The Morgan fingerprint density at radius 2 is 2.09 bits per heavy atom. The molecule has 1 unspecified atom stereocenters. The molecule has 0 aliphatic carbocycles. The van der Waals surface area contributed by atoms with Crippen LogP contribution in [-0.4, -0.2) is 40.0 Å². The van der Waals surface area contributed by atoms with Crippen LogP contribution >= 0.6 is 23.2 Å². The minimum Gasteiger partial charge on any atom is -0.481 e. The molecule has 23 heavy (non-hydrogen) atoms. The van der Waals surface area contributed by atoms with Gasteiger partial charge < -0.3 is 15.0 Å². The van der Waals surface area contributed by atoms with E-state index in [2.05, 4.69) is 4.98 Å². The topological polar surface area (TPSA) is 73.4 Å². The predicted octanol–water partition coefficient (Wildman–Crippen LogP) is 3.80. The van der Waals surface area contributed by atoms with E-state index >= 15 is 0 Å². The fraction of sp³-hybridized carbons (Fsp3) is 0.375. The number of carbonyl (C=O) groups excluding carboxylic acids is 1. The summed E-state index contributed by atoms with van der Waals surface area (Å²) < 4.78 is 0. The molecule has 2 heterocycles. The lowest BCUT2D eigenvalue weighted by Gasteiger charge is -2.37. The number of carbonyl (C=O) groups is 2. The molecule has 0 radical (unpaired) electrons. The number of aliphatic carboxylic acids is 1. The van der Waals surface area contributed by atoms with Crippen LogP contribution in [-0.2, 0) is 4.79 Å². The van der Waals surface area contributed by atoms with Gasteiger partial charge in [0, 0.05) is 29.0 Å². The van der Waals surface area contributed by atoms with Crippen LogP contribution in [0.2, 0.25) is 10.0 Å². The summed E-state index contributed by atoms with van der Waals surface area (Å²) in [4.78, 5) is 28.8. The second-order valence-corrected chi connectivity index (χ2v) is 7.01. The normalized spacial score (nSPS) is 21.6. The maximum absolute atomic E-state index is 12.8. The van der Waals surface area contributed by atoms with Gasteiger partial charge in [-0.1, -0.05) is 23.2 Å². The molecule has 3 rings (SSSR count). The SMILES string of the molecule is CC1(C(=O)O)CCCN(C(=O)c2[nH]c3ccc(Cl)cc3c2Cl)C1. The van der Waals surface area contributed by atoms with Crippen LogP contribution in [0, 0.1) is 5.41 Å². The van der Waals surface area contributed by atoms with E-state index in [1.165, 1.54) is 0 Å². The third kappa shape index (κ3) is 2.79. The Morgan fingerprint density at radius 3 is 2.78 bits per heavy atom. The average Bonchev–Trinajstić information content (AvgIpc) is 2.83. The number of H-pyrrole nitrogens is 1. The molecule has 1 amide bonds. The second kappa shape index (κ2) is 5.73. The zero-order valence-electron chi connectivity index (χ0n) is 12.5. The van der Waals surface area contributed by atoms with Gasteiger partial charge in [-0.15, -0.1) is 0 Å². The molecule has 0 spiro atoms. The molecule has 1 fully saturated rings. The molecule has 1 aromatic heterocycles. The van der Waals surface area contributed by atoms with Gasteiger partial charge in [0.15, 0.2) is 0 Å². The smallest absolute Gasteiger partial charge is 0.311 e. The highest BCUT2D eigenvalue weighted by molar-refractivity contribution is 6.39. The molecule has 5 nitrogen and oxygen atoms in total. The van der Waals surface area contributed by atoms with E-state index in [0.717, 1.165) is 5.52 Å². The molecule has 1 aromatic carbocycles. The van der Waals surface area contributed by atoms with Crippen molar-refractivity contribution in [3.05, 3.63) is 33.9 Å². The highest BCUT2D eigenvalue weighted by atomic mass is 35.5. The van der Waals surface area contributed by atoms with E-state index in [1.54, 1.807) is 30.0 Å². The number of piperidine rings is 1. The number of carboxylic acid groups (broad SMARTS) is 1. The molecular formula is C16H16Cl2N2O3. The minimum absolute atomic E-state index is 0.174. The van der Waals surface area contributed by atoms with Crippen LogP contribution in [0.5, 0.6) is 0 Å². The van der Waals surface area contributed by atoms with Crippen molar-refractivity contribution in [1.29, 1.82) is 0 Å². The first-order valence-electron chi connectivity index (χ1n) is 7.31. The summed E-state index contributed by atoms with van der Waals surface area (Å²) in [7, 11) is 0. The van der Waals surface area contributed by atoms with Crippen molar-refractivity contribution < 1.29 is 14.7 Å². The Hall–Kier alpha value is -1.72. The predicted molar refractivity (Wildman–Crippen MR) is 89.2 cm³/mol. The monoisotopic (exact) mass is 354 g/mol. The molecule has 1 saturated heterocycles. The lowest BCUT2D eigenvalue weighted by Crippen LogP contribution is -2.48.